The van der Waals surface area contributed by atoms with Gasteiger partial charge >= 0.3 is 0 Å². The van der Waals surface area contributed by atoms with Crippen molar-refractivity contribution in [2.24, 2.45) is 0 Å². The number of fused-ring (bicyclic) bond motifs is 7. The van der Waals surface area contributed by atoms with Crippen molar-refractivity contribution in [3.63, 3.8) is 0 Å². The summed E-state index contributed by atoms with van der Waals surface area (Å²) in [5, 5.41) is 4.67. The molecule has 0 aliphatic carbocycles. The summed E-state index contributed by atoms with van der Waals surface area (Å²) in [6.07, 6.45) is 0. The van der Waals surface area contributed by atoms with Gasteiger partial charge in [-0.05, 0) is 106 Å². The number of anilines is 3. The third kappa shape index (κ3) is 5.78. The first-order chi connectivity index (χ1) is 29.7. The Kier molecular flexibility index (Phi) is 8.00. The number of furan rings is 1. The first-order valence-corrected chi connectivity index (χ1v) is 20.9. The molecule has 0 atom stereocenters. The molecule has 0 spiro atoms. The van der Waals surface area contributed by atoms with Gasteiger partial charge < -0.3 is 13.7 Å². The first-order valence-electron chi connectivity index (χ1n) is 20.1. The van der Waals surface area contributed by atoms with Crippen LogP contribution in [0.2, 0.25) is 0 Å². The molecule has 282 valence electrons. The molecule has 0 bridgehead atoms. The van der Waals surface area contributed by atoms with Gasteiger partial charge in [0.1, 0.15) is 16.7 Å². The smallest absolute Gasteiger partial charge is 0.227 e. The highest BCUT2D eigenvalue weighted by Crippen LogP contribution is 2.44. The molecule has 3 heterocycles. The number of thiophene rings is 1. The average molecular weight is 787 g/mol. The van der Waals surface area contributed by atoms with Gasteiger partial charge in [-0.15, -0.1) is 11.3 Å². The zero-order chi connectivity index (χ0) is 39.6. The molecule has 0 saturated carbocycles. The topological polar surface area (TPSA) is 42.4 Å². The average Bonchev–Trinajstić information content (AvgIpc) is 4.02. The van der Waals surface area contributed by atoms with Gasteiger partial charge in [-0.3, -0.25) is 0 Å². The lowest BCUT2D eigenvalue weighted by molar-refractivity contribution is 0.617. The fourth-order valence-corrected chi connectivity index (χ4v) is 9.82. The van der Waals surface area contributed by atoms with E-state index in [1.807, 2.05) is 53.8 Å². The van der Waals surface area contributed by atoms with Crippen LogP contribution in [0.5, 0.6) is 0 Å². The van der Waals surface area contributed by atoms with Crippen LogP contribution in [0.4, 0.5) is 17.1 Å². The van der Waals surface area contributed by atoms with E-state index in [1.165, 1.54) is 42.4 Å². The molecular formula is C55H34N2O2S. The van der Waals surface area contributed by atoms with Crippen molar-refractivity contribution in [2.45, 2.75) is 0 Å². The summed E-state index contributed by atoms with van der Waals surface area (Å²) < 4.78 is 15.3. The Bertz CT molecular complexity index is 3530. The minimum atomic E-state index is 0.597. The molecule has 0 N–H and O–H groups in total. The predicted octanol–water partition coefficient (Wildman–Crippen LogP) is 16.2. The molecule has 4 nitrogen and oxygen atoms in total. The lowest BCUT2D eigenvalue weighted by Gasteiger charge is -2.26. The number of nitrogens with zero attached hydrogens (tertiary/aromatic N) is 2. The van der Waals surface area contributed by atoms with Crippen molar-refractivity contribution >= 4 is 81.6 Å². The SMILES string of the molecule is c1ccc(-c2ccc(N(c3ccc(-c4cccc5oc6cc7oc(-c8ccccc8)nc7cc6c45)cc3)c3cccc(-c4cccc5sc6ccccc6c45)c3)cc2)cc1. The van der Waals surface area contributed by atoms with Crippen molar-refractivity contribution in [3.8, 4) is 44.8 Å². The van der Waals surface area contributed by atoms with E-state index in [2.05, 4.69) is 169 Å². The Balaban J connectivity index is 0.969. The van der Waals surface area contributed by atoms with E-state index in [4.69, 9.17) is 13.8 Å². The van der Waals surface area contributed by atoms with E-state index < -0.39 is 0 Å². The van der Waals surface area contributed by atoms with Crippen LogP contribution in [0.1, 0.15) is 0 Å². The van der Waals surface area contributed by atoms with Crippen molar-refractivity contribution in [3.05, 3.63) is 206 Å². The van der Waals surface area contributed by atoms with E-state index in [1.54, 1.807) is 0 Å². The molecule has 9 aromatic carbocycles. The summed E-state index contributed by atoms with van der Waals surface area (Å²) in [6.45, 7) is 0. The second-order valence-corrected chi connectivity index (χ2v) is 16.2. The molecule has 5 heteroatoms. The molecule has 0 aliphatic heterocycles. The quantitative estimate of drug-likeness (QED) is 0.161. The highest BCUT2D eigenvalue weighted by molar-refractivity contribution is 7.25. The minimum Gasteiger partial charge on any atom is -0.456 e. The number of hydrogen-bond donors (Lipinski definition) is 0. The highest BCUT2D eigenvalue weighted by atomic mass is 32.1. The van der Waals surface area contributed by atoms with Gasteiger partial charge in [-0.2, -0.15) is 0 Å². The van der Waals surface area contributed by atoms with Gasteiger partial charge in [0.2, 0.25) is 5.89 Å². The molecule has 0 saturated heterocycles. The summed E-state index contributed by atoms with van der Waals surface area (Å²) in [7, 11) is 0. The monoisotopic (exact) mass is 786 g/mol. The summed E-state index contributed by atoms with van der Waals surface area (Å²) in [5.74, 6) is 0.597. The molecule has 0 radical (unpaired) electrons. The van der Waals surface area contributed by atoms with Gasteiger partial charge in [0.15, 0.2) is 5.58 Å². The molecule has 3 aromatic heterocycles. The number of oxazole rings is 1. The zero-order valence-electron chi connectivity index (χ0n) is 32.2. The van der Waals surface area contributed by atoms with Crippen LogP contribution in [0, 0.1) is 0 Å². The number of hydrogen-bond acceptors (Lipinski definition) is 5. The molecular weight excluding hydrogens is 753 g/mol. The summed E-state index contributed by atoms with van der Waals surface area (Å²) in [6, 6.07) is 73.0. The maximum Gasteiger partial charge on any atom is 0.227 e. The van der Waals surface area contributed by atoms with Crippen molar-refractivity contribution in [1.29, 1.82) is 0 Å². The molecule has 0 unspecified atom stereocenters. The van der Waals surface area contributed by atoms with E-state index in [0.29, 0.717) is 11.5 Å². The molecule has 0 amide bonds. The Labute approximate surface area is 349 Å². The number of benzene rings is 9. The number of rotatable bonds is 7. The second kappa shape index (κ2) is 14.0. The fraction of sp³-hybridized carbons (Fsp3) is 0. The maximum atomic E-state index is 6.45. The van der Waals surface area contributed by atoms with E-state index in [9.17, 15) is 0 Å². The third-order valence-corrected chi connectivity index (χ3v) is 12.6. The Morgan fingerprint density at radius 2 is 0.983 bits per heavy atom. The van der Waals surface area contributed by atoms with Crippen LogP contribution in [0.3, 0.4) is 0 Å². The van der Waals surface area contributed by atoms with Crippen molar-refractivity contribution in [1.82, 2.24) is 4.98 Å². The number of aromatic nitrogens is 1. The van der Waals surface area contributed by atoms with Crippen LogP contribution in [0.15, 0.2) is 215 Å². The van der Waals surface area contributed by atoms with Gasteiger partial charge in [0.05, 0.1) is 0 Å². The summed E-state index contributed by atoms with van der Waals surface area (Å²) >= 11 is 1.85. The van der Waals surface area contributed by atoms with Crippen LogP contribution in [0.25, 0.3) is 98.0 Å². The van der Waals surface area contributed by atoms with Crippen LogP contribution < -0.4 is 4.90 Å². The molecule has 0 aliphatic rings. The fourth-order valence-electron chi connectivity index (χ4n) is 8.69. The molecule has 12 rings (SSSR count). The van der Waals surface area contributed by atoms with Crippen LogP contribution in [-0.4, -0.2) is 4.98 Å². The Morgan fingerprint density at radius 1 is 0.367 bits per heavy atom. The van der Waals surface area contributed by atoms with Gasteiger partial charge in [-0.25, -0.2) is 4.98 Å². The second-order valence-electron chi connectivity index (χ2n) is 15.1. The maximum absolute atomic E-state index is 6.45. The zero-order valence-corrected chi connectivity index (χ0v) is 33.1. The summed E-state index contributed by atoms with van der Waals surface area (Å²) in [5.41, 5.74) is 14.2. The third-order valence-electron chi connectivity index (χ3n) is 11.5. The standard InChI is InChI=1S/C55H34N2O2S/c1-3-12-35(13-4-1)36-24-28-40(29-25-36)57(42-17-9-16-39(32-42)44-20-11-23-52-54(44)45-18-7-8-22-51(45)60-52)41-30-26-37(27-31-41)43-19-10-21-48-53(43)46-33-47-50(34-49(46)58-48)59-55(56-47)38-14-5-2-6-15-38/h1-34H. The summed E-state index contributed by atoms with van der Waals surface area (Å²) in [4.78, 5) is 7.23. The normalized spacial score (nSPS) is 11.7. The van der Waals surface area contributed by atoms with Gasteiger partial charge in [0, 0.05) is 59.6 Å². The van der Waals surface area contributed by atoms with Crippen molar-refractivity contribution in [2.75, 3.05) is 4.90 Å². The lowest BCUT2D eigenvalue weighted by Crippen LogP contribution is -2.10. The largest absolute Gasteiger partial charge is 0.456 e. The van der Waals surface area contributed by atoms with Gasteiger partial charge in [0.25, 0.3) is 0 Å². The van der Waals surface area contributed by atoms with E-state index in [0.717, 1.165) is 61.2 Å². The molecule has 0 fully saturated rings. The van der Waals surface area contributed by atoms with E-state index >= 15 is 0 Å². The molecule has 12 aromatic rings. The predicted molar refractivity (Wildman–Crippen MR) is 251 cm³/mol. The minimum absolute atomic E-state index is 0.597. The van der Waals surface area contributed by atoms with Crippen LogP contribution >= 0.6 is 11.3 Å². The van der Waals surface area contributed by atoms with Crippen LogP contribution in [-0.2, 0) is 0 Å². The lowest BCUT2D eigenvalue weighted by atomic mass is 9.98. The van der Waals surface area contributed by atoms with Crippen molar-refractivity contribution < 1.29 is 8.83 Å². The molecule has 60 heavy (non-hydrogen) atoms. The first kappa shape index (κ1) is 34.3. The van der Waals surface area contributed by atoms with Gasteiger partial charge in [-0.1, -0.05) is 127 Å². The Hall–Kier alpha value is -7.73. The Morgan fingerprint density at radius 3 is 1.77 bits per heavy atom. The van der Waals surface area contributed by atoms with E-state index in [-0.39, 0.29) is 0 Å². The highest BCUT2D eigenvalue weighted by Gasteiger charge is 2.19.